The minimum absolute atomic E-state index is 0.0390. The molecule has 6 nitrogen and oxygen atoms in total. The van der Waals surface area contributed by atoms with E-state index in [2.05, 4.69) is 4.98 Å². The van der Waals surface area contributed by atoms with Gasteiger partial charge < -0.3 is 16.2 Å². The summed E-state index contributed by atoms with van der Waals surface area (Å²) in [4.78, 5) is 15.0. The number of hydrogen-bond acceptors (Lipinski definition) is 5. The van der Waals surface area contributed by atoms with Crippen molar-refractivity contribution in [2.45, 2.75) is 0 Å². The molecule has 1 amide bonds. The molecule has 0 aliphatic heterocycles. The second kappa shape index (κ2) is 5.24. The van der Waals surface area contributed by atoms with Crippen molar-refractivity contribution in [3.8, 4) is 17.7 Å². The van der Waals surface area contributed by atoms with Gasteiger partial charge in [0, 0.05) is 12.1 Å². The molecule has 100 valence electrons. The number of hydrogen-bond donors (Lipinski definition) is 2. The first-order valence-electron chi connectivity index (χ1n) is 5.44. The van der Waals surface area contributed by atoms with Crippen LogP contribution in [-0.2, 0) is 0 Å². The van der Waals surface area contributed by atoms with Gasteiger partial charge in [-0.25, -0.2) is 9.37 Å². The Morgan fingerprint density at radius 3 is 2.75 bits per heavy atom. The van der Waals surface area contributed by atoms with E-state index in [1.165, 1.54) is 24.4 Å². The number of nitrogens with zero attached hydrogens (tertiary/aromatic N) is 2. The zero-order valence-electron chi connectivity index (χ0n) is 10.1. The van der Waals surface area contributed by atoms with E-state index in [0.717, 1.165) is 6.07 Å². The van der Waals surface area contributed by atoms with Crippen molar-refractivity contribution in [2.24, 2.45) is 5.73 Å². The maximum absolute atomic E-state index is 13.4. The van der Waals surface area contributed by atoms with Crippen molar-refractivity contribution >= 4 is 11.6 Å². The Morgan fingerprint density at radius 1 is 1.40 bits per heavy atom. The van der Waals surface area contributed by atoms with Crippen LogP contribution in [0.15, 0.2) is 30.5 Å². The number of rotatable bonds is 3. The van der Waals surface area contributed by atoms with Crippen LogP contribution >= 0.6 is 0 Å². The van der Waals surface area contributed by atoms with E-state index in [4.69, 9.17) is 21.5 Å². The van der Waals surface area contributed by atoms with Crippen LogP contribution in [0, 0.1) is 17.1 Å². The van der Waals surface area contributed by atoms with Crippen molar-refractivity contribution in [3.63, 3.8) is 0 Å². The Kier molecular flexibility index (Phi) is 3.48. The van der Waals surface area contributed by atoms with E-state index in [0.29, 0.717) is 0 Å². The van der Waals surface area contributed by atoms with Crippen molar-refractivity contribution in [1.29, 1.82) is 5.26 Å². The van der Waals surface area contributed by atoms with Crippen LogP contribution in [-0.4, -0.2) is 10.9 Å². The number of carbonyl (C=O) groups excluding carboxylic acids is 1. The van der Waals surface area contributed by atoms with Gasteiger partial charge in [-0.1, -0.05) is 0 Å². The highest BCUT2D eigenvalue weighted by Crippen LogP contribution is 2.24. The average molecular weight is 272 g/mol. The topological polar surface area (TPSA) is 115 Å². The summed E-state index contributed by atoms with van der Waals surface area (Å²) in [7, 11) is 0. The number of nitrogen functional groups attached to an aromatic ring is 1. The van der Waals surface area contributed by atoms with Gasteiger partial charge in [0.2, 0.25) is 5.88 Å². The monoisotopic (exact) mass is 272 g/mol. The average Bonchev–Trinajstić information content (AvgIpc) is 2.41. The fraction of sp³-hybridized carbons (Fsp3) is 0. The third kappa shape index (κ3) is 2.64. The van der Waals surface area contributed by atoms with E-state index < -0.39 is 11.7 Å². The molecule has 0 saturated heterocycles. The standard InChI is InChI=1S/C13H9FN4O2/c14-10-3-8(2-1-7(10)5-15)20-12-4-9(13(17)19)11(16)6-18-12/h1-4,6H,16H2,(H2,17,19). The molecule has 0 fully saturated rings. The third-order valence-electron chi connectivity index (χ3n) is 2.46. The highest BCUT2D eigenvalue weighted by Gasteiger charge is 2.10. The highest BCUT2D eigenvalue weighted by atomic mass is 19.1. The normalized spacial score (nSPS) is 9.80. The van der Waals surface area contributed by atoms with E-state index >= 15 is 0 Å². The van der Waals surface area contributed by atoms with Gasteiger partial charge in [-0.2, -0.15) is 5.26 Å². The Labute approximate surface area is 113 Å². The summed E-state index contributed by atoms with van der Waals surface area (Å²) >= 11 is 0. The molecule has 0 aliphatic carbocycles. The van der Waals surface area contributed by atoms with Gasteiger partial charge in [0.1, 0.15) is 17.6 Å². The number of primary amides is 1. The van der Waals surface area contributed by atoms with E-state index in [9.17, 15) is 9.18 Å². The van der Waals surface area contributed by atoms with Crippen LogP contribution in [0.3, 0.4) is 0 Å². The number of ether oxygens (including phenoxy) is 1. The number of halogens is 1. The molecule has 0 unspecified atom stereocenters. The number of benzene rings is 1. The molecule has 7 heteroatoms. The van der Waals surface area contributed by atoms with Crippen LogP contribution in [0.5, 0.6) is 11.6 Å². The van der Waals surface area contributed by atoms with Crippen molar-refractivity contribution < 1.29 is 13.9 Å². The fourth-order valence-corrected chi connectivity index (χ4v) is 1.49. The molecule has 0 bridgehead atoms. The lowest BCUT2D eigenvalue weighted by Crippen LogP contribution is -2.13. The second-order valence-corrected chi connectivity index (χ2v) is 3.83. The maximum atomic E-state index is 13.4. The van der Waals surface area contributed by atoms with Crippen molar-refractivity contribution in [3.05, 3.63) is 47.4 Å². The van der Waals surface area contributed by atoms with Gasteiger partial charge in [0.05, 0.1) is 23.0 Å². The Morgan fingerprint density at radius 2 is 2.15 bits per heavy atom. The first-order chi connectivity index (χ1) is 9.51. The summed E-state index contributed by atoms with van der Waals surface area (Å²) in [5.74, 6) is -1.26. The minimum atomic E-state index is -0.722. The van der Waals surface area contributed by atoms with Gasteiger partial charge >= 0.3 is 0 Å². The number of aromatic nitrogens is 1. The summed E-state index contributed by atoms with van der Waals surface area (Å²) in [5, 5.41) is 8.62. The summed E-state index contributed by atoms with van der Waals surface area (Å²) in [5.41, 5.74) is 10.8. The molecule has 2 rings (SSSR count). The molecule has 1 heterocycles. The predicted molar refractivity (Wildman–Crippen MR) is 68.4 cm³/mol. The molecule has 1 aromatic carbocycles. The van der Waals surface area contributed by atoms with Gasteiger partial charge in [0.25, 0.3) is 5.91 Å². The van der Waals surface area contributed by atoms with Crippen LogP contribution in [0.1, 0.15) is 15.9 Å². The van der Waals surface area contributed by atoms with Gasteiger partial charge in [-0.15, -0.1) is 0 Å². The van der Waals surface area contributed by atoms with E-state index in [-0.39, 0.29) is 28.4 Å². The minimum Gasteiger partial charge on any atom is -0.439 e. The SMILES string of the molecule is N#Cc1ccc(Oc2cc(C(N)=O)c(N)cn2)cc1F. The summed E-state index contributed by atoms with van der Waals surface area (Å²) in [6, 6.07) is 6.67. The molecule has 0 atom stereocenters. The highest BCUT2D eigenvalue weighted by molar-refractivity contribution is 5.98. The number of nitrogens with two attached hydrogens (primary N) is 2. The quantitative estimate of drug-likeness (QED) is 0.879. The van der Waals surface area contributed by atoms with Gasteiger partial charge in [0.15, 0.2) is 0 Å². The number of carbonyl (C=O) groups is 1. The Hall–Kier alpha value is -3.14. The number of amides is 1. The van der Waals surface area contributed by atoms with Crippen LogP contribution < -0.4 is 16.2 Å². The van der Waals surface area contributed by atoms with Crippen LogP contribution in [0.4, 0.5) is 10.1 Å². The molecule has 2 aromatic rings. The first kappa shape index (κ1) is 13.3. The van der Waals surface area contributed by atoms with Crippen molar-refractivity contribution in [2.75, 3.05) is 5.73 Å². The third-order valence-corrected chi connectivity index (χ3v) is 2.46. The number of pyridine rings is 1. The molecule has 0 radical (unpaired) electrons. The molecule has 0 spiro atoms. The summed E-state index contributed by atoms with van der Waals surface area (Å²) in [6.07, 6.45) is 1.22. The number of nitriles is 1. The lowest BCUT2D eigenvalue weighted by molar-refractivity contribution is 0.100. The maximum Gasteiger partial charge on any atom is 0.251 e. The van der Waals surface area contributed by atoms with Gasteiger partial charge in [-0.3, -0.25) is 4.79 Å². The molecule has 0 saturated carbocycles. The molecular formula is C13H9FN4O2. The fourth-order valence-electron chi connectivity index (χ4n) is 1.49. The van der Waals surface area contributed by atoms with E-state index in [1.807, 2.05) is 0 Å². The molecule has 0 aliphatic rings. The predicted octanol–water partition coefficient (Wildman–Crippen LogP) is 1.57. The Bertz CT molecular complexity index is 725. The van der Waals surface area contributed by atoms with Crippen LogP contribution in [0.2, 0.25) is 0 Å². The molecule has 4 N–H and O–H groups in total. The molecule has 1 aromatic heterocycles. The van der Waals surface area contributed by atoms with E-state index in [1.54, 1.807) is 6.07 Å². The Balaban J connectivity index is 2.31. The lowest BCUT2D eigenvalue weighted by Gasteiger charge is -2.07. The zero-order valence-corrected chi connectivity index (χ0v) is 10.1. The molecule has 20 heavy (non-hydrogen) atoms. The summed E-state index contributed by atoms with van der Waals surface area (Å²) < 4.78 is 18.7. The lowest BCUT2D eigenvalue weighted by atomic mass is 10.2. The smallest absolute Gasteiger partial charge is 0.251 e. The van der Waals surface area contributed by atoms with Gasteiger partial charge in [-0.05, 0) is 12.1 Å². The first-order valence-corrected chi connectivity index (χ1v) is 5.44. The number of anilines is 1. The largest absolute Gasteiger partial charge is 0.439 e. The second-order valence-electron chi connectivity index (χ2n) is 3.83. The zero-order chi connectivity index (χ0) is 14.7. The van der Waals surface area contributed by atoms with Crippen LogP contribution in [0.25, 0.3) is 0 Å². The molecular weight excluding hydrogens is 263 g/mol. The summed E-state index contributed by atoms with van der Waals surface area (Å²) in [6.45, 7) is 0. The van der Waals surface area contributed by atoms with Crippen molar-refractivity contribution in [1.82, 2.24) is 4.98 Å².